The van der Waals surface area contributed by atoms with E-state index in [2.05, 4.69) is 40.6 Å². The van der Waals surface area contributed by atoms with Crippen molar-refractivity contribution in [2.75, 3.05) is 7.11 Å². The van der Waals surface area contributed by atoms with Crippen LogP contribution in [0.15, 0.2) is 65.3 Å². The molecule has 5 rings (SSSR count). The number of fused-ring (bicyclic) bond motifs is 3. The van der Waals surface area contributed by atoms with Gasteiger partial charge in [-0.25, -0.2) is 0 Å². The van der Waals surface area contributed by atoms with E-state index in [0.29, 0.717) is 18.7 Å². The van der Waals surface area contributed by atoms with Crippen molar-refractivity contribution in [2.45, 2.75) is 26.9 Å². The molecule has 0 aliphatic carbocycles. The maximum absolute atomic E-state index is 13.3. The van der Waals surface area contributed by atoms with Gasteiger partial charge in [0.25, 0.3) is 5.91 Å². The first kappa shape index (κ1) is 20.7. The second-order valence-electron chi connectivity index (χ2n) is 8.09. The van der Waals surface area contributed by atoms with E-state index in [-0.39, 0.29) is 11.7 Å². The molecule has 166 valence electrons. The maximum Gasteiger partial charge on any atom is 0.290 e. The molecule has 0 bridgehead atoms. The number of carbonyl (C=O) groups is 1. The Balaban J connectivity index is 1.58. The monoisotopic (exact) mass is 441 g/mol. The third-order valence-electron chi connectivity index (χ3n) is 5.69. The highest BCUT2D eigenvalue weighted by Crippen LogP contribution is 2.26. The molecular formula is C25H23N5O3. The Labute approximate surface area is 190 Å². The summed E-state index contributed by atoms with van der Waals surface area (Å²) in [7, 11) is 1.63. The number of carbonyl (C=O) groups excluding carboxylic acids is 1. The van der Waals surface area contributed by atoms with Gasteiger partial charge in [-0.2, -0.15) is 4.52 Å². The molecule has 0 saturated heterocycles. The van der Waals surface area contributed by atoms with Crippen LogP contribution < -0.4 is 4.74 Å². The number of aryl methyl sites for hydroxylation is 2. The van der Waals surface area contributed by atoms with Crippen molar-refractivity contribution in [3.8, 4) is 5.75 Å². The average molecular weight is 441 g/mol. The number of aromatic nitrogens is 4. The second kappa shape index (κ2) is 8.38. The molecule has 0 aliphatic heterocycles. The number of ether oxygens (including phenoxy) is 1. The summed E-state index contributed by atoms with van der Waals surface area (Å²) >= 11 is 0. The highest BCUT2D eigenvalue weighted by atomic mass is 16.5. The number of hydrogen-bond donors (Lipinski definition) is 0. The van der Waals surface area contributed by atoms with Crippen LogP contribution in [0.5, 0.6) is 5.75 Å². The molecule has 5 aromatic rings. The van der Waals surface area contributed by atoms with Gasteiger partial charge >= 0.3 is 0 Å². The number of nitrogens with zero attached hydrogens (tertiary/aromatic N) is 5. The number of amides is 1. The highest BCUT2D eigenvalue weighted by Gasteiger charge is 2.22. The van der Waals surface area contributed by atoms with E-state index in [1.165, 1.54) is 6.26 Å². The van der Waals surface area contributed by atoms with Crippen molar-refractivity contribution in [2.24, 2.45) is 0 Å². The van der Waals surface area contributed by atoms with Crippen molar-refractivity contribution >= 4 is 22.5 Å². The molecule has 0 N–H and O–H groups in total. The van der Waals surface area contributed by atoms with Crippen molar-refractivity contribution < 1.29 is 13.9 Å². The predicted molar refractivity (Wildman–Crippen MR) is 123 cm³/mol. The minimum atomic E-state index is -0.207. The summed E-state index contributed by atoms with van der Waals surface area (Å²) in [6.45, 7) is 4.82. The molecule has 33 heavy (non-hydrogen) atoms. The van der Waals surface area contributed by atoms with E-state index in [1.54, 1.807) is 28.7 Å². The molecule has 0 aliphatic rings. The van der Waals surface area contributed by atoms with Crippen LogP contribution in [-0.4, -0.2) is 38.0 Å². The fourth-order valence-electron chi connectivity index (χ4n) is 4.21. The summed E-state index contributed by atoms with van der Waals surface area (Å²) in [4.78, 5) is 15.1. The van der Waals surface area contributed by atoms with Crippen molar-refractivity contribution in [1.82, 2.24) is 24.9 Å². The van der Waals surface area contributed by atoms with Gasteiger partial charge in [0.05, 0.1) is 25.4 Å². The zero-order valence-electron chi connectivity index (χ0n) is 18.6. The lowest BCUT2D eigenvalue weighted by atomic mass is 10.0. The first-order valence-electron chi connectivity index (χ1n) is 10.6. The van der Waals surface area contributed by atoms with E-state index in [4.69, 9.17) is 9.15 Å². The first-order valence-corrected chi connectivity index (χ1v) is 10.6. The average Bonchev–Trinajstić information content (AvgIpc) is 3.51. The molecule has 1 amide bonds. The van der Waals surface area contributed by atoms with Crippen molar-refractivity contribution in [3.05, 3.63) is 88.9 Å². The molecule has 2 aromatic carbocycles. The van der Waals surface area contributed by atoms with Crippen molar-refractivity contribution in [1.29, 1.82) is 0 Å². The van der Waals surface area contributed by atoms with Gasteiger partial charge in [-0.1, -0.05) is 23.8 Å². The normalized spacial score (nSPS) is 11.2. The minimum absolute atomic E-state index is 0.207. The van der Waals surface area contributed by atoms with Gasteiger partial charge in [0, 0.05) is 17.5 Å². The number of benzene rings is 2. The first-order chi connectivity index (χ1) is 16.0. The van der Waals surface area contributed by atoms with Crippen LogP contribution >= 0.6 is 0 Å². The lowest BCUT2D eigenvalue weighted by molar-refractivity contribution is 0.0698. The van der Waals surface area contributed by atoms with Crippen molar-refractivity contribution in [3.63, 3.8) is 0 Å². The summed E-state index contributed by atoms with van der Waals surface area (Å²) in [5.41, 5.74) is 5.66. The van der Waals surface area contributed by atoms with E-state index < -0.39 is 0 Å². The van der Waals surface area contributed by atoms with Gasteiger partial charge in [-0.05, 0) is 71.8 Å². The topological polar surface area (TPSA) is 85.8 Å². The van der Waals surface area contributed by atoms with E-state index in [1.807, 2.05) is 31.2 Å². The third kappa shape index (κ3) is 3.91. The third-order valence-corrected chi connectivity index (χ3v) is 5.69. The quantitative estimate of drug-likeness (QED) is 0.390. The van der Waals surface area contributed by atoms with E-state index in [0.717, 1.165) is 38.9 Å². The summed E-state index contributed by atoms with van der Waals surface area (Å²) < 4.78 is 12.4. The SMILES string of the molecule is COc1ccc(CN(Cc2cc3cc(C)cc(C)c3n3nnnc23)C(=O)c2ccco2)cc1. The molecule has 8 nitrogen and oxygen atoms in total. The van der Waals surface area contributed by atoms with Gasteiger partial charge in [0.2, 0.25) is 0 Å². The maximum atomic E-state index is 13.3. The molecule has 0 radical (unpaired) electrons. The Morgan fingerprint density at radius 3 is 2.64 bits per heavy atom. The van der Waals surface area contributed by atoms with Gasteiger partial charge in [-0.3, -0.25) is 4.79 Å². The Hall–Kier alpha value is -4.20. The Kier molecular flexibility index (Phi) is 5.26. The number of methoxy groups -OCH3 is 1. The van der Waals surface area contributed by atoms with Gasteiger partial charge in [0.15, 0.2) is 11.4 Å². The van der Waals surface area contributed by atoms with E-state index in [9.17, 15) is 4.79 Å². The predicted octanol–water partition coefficient (Wildman–Crippen LogP) is 4.34. The molecule has 0 spiro atoms. The van der Waals surface area contributed by atoms with Gasteiger partial charge < -0.3 is 14.1 Å². The number of tetrazole rings is 1. The summed E-state index contributed by atoms with van der Waals surface area (Å²) in [6.07, 6.45) is 1.50. The molecule has 3 heterocycles. The zero-order chi connectivity index (χ0) is 22.9. The van der Waals surface area contributed by atoms with Crippen LogP contribution in [0.25, 0.3) is 16.6 Å². The van der Waals surface area contributed by atoms with Crippen LogP contribution in [0.3, 0.4) is 0 Å². The molecule has 0 saturated carbocycles. The lowest BCUT2D eigenvalue weighted by Crippen LogP contribution is -2.30. The Morgan fingerprint density at radius 2 is 1.91 bits per heavy atom. The van der Waals surface area contributed by atoms with Gasteiger partial charge in [0.1, 0.15) is 5.75 Å². The molecule has 8 heteroatoms. The number of pyridine rings is 1. The summed E-state index contributed by atoms with van der Waals surface area (Å²) in [6, 6.07) is 17.3. The number of rotatable bonds is 6. The Morgan fingerprint density at radius 1 is 1.09 bits per heavy atom. The molecule has 3 aromatic heterocycles. The fraction of sp³-hybridized carbons (Fsp3) is 0.200. The Bertz CT molecular complexity index is 1440. The van der Waals surface area contributed by atoms with E-state index >= 15 is 0 Å². The number of hydrogen-bond acceptors (Lipinski definition) is 6. The molecule has 0 unspecified atom stereocenters. The van der Waals surface area contributed by atoms with Crippen LogP contribution in [-0.2, 0) is 13.1 Å². The van der Waals surface area contributed by atoms with Crippen LogP contribution in [0.1, 0.15) is 32.8 Å². The fourth-order valence-corrected chi connectivity index (χ4v) is 4.21. The van der Waals surface area contributed by atoms with Crippen LogP contribution in [0.4, 0.5) is 0 Å². The standard InChI is InChI=1S/C25H23N5O3/c1-16-11-17(2)23-19(12-16)13-20(24-26-27-28-30(23)24)15-29(25(31)22-5-4-10-33-22)14-18-6-8-21(32-3)9-7-18/h4-13H,14-15H2,1-3H3. The highest BCUT2D eigenvalue weighted by molar-refractivity contribution is 5.92. The minimum Gasteiger partial charge on any atom is -0.497 e. The van der Waals surface area contributed by atoms with Crippen LogP contribution in [0.2, 0.25) is 0 Å². The molecule has 0 atom stereocenters. The smallest absolute Gasteiger partial charge is 0.290 e. The summed E-state index contributed by atoms with van der Waals surface area (Å²) in [5.74, 6) is 0.840. The lowest BCUT2D eigenvalue weighted by Gasteiger charge is -2.22. The summed E-state index contributed by atoms with van der Waals surface area (Å²) in [5, 5.41) is 13.4. The largest absolute Gasteiger partial charge is 0.497 e. The molecular weight excluding hydrogens is 418 g/mol. The zero-order valence-corrected chi connectivity index (χ0v) is 18.6. The van der Waals surface area contributed by atoms with Gasteiger partial charge in [-0.15, -0.1) is 5.10 Å². The molecule has 0 fully saturated rings. The second-order valence-corrected chi connectivity index (χ2v) is 8.09. The number of furan rings is 1. The van der Waals surface area contributed by atoms with Crippen LogP contribution in [0, 0.1) is 13.8 Å².